The highest BCUT2D eigenvalue weighted by molar-refractivity contribution is 5.94. The van der Waals surface area contributed by atoms with Gasteiger partial charge in [-0.25, -0.2) is 4.98 Å². The van der Waals surface area contributed by atoms with Crippen molar-refractivity contribution in [1.82, 2.24) is 4.98 Å². The summed E-state index contributed by atoms with van der Waals surface area (Å²) >= 11 is 0. The van der Waals surface area contributed by atoms with Gasteiger partial charge in [0, 0.05) is 17.8 Å². The summed E-state index contributed by atoms with van der Waals surface area (Å²) in [5.74, 6) is 1.34. The van der Waals surface area contributed by atoms with Crippen LogP contribution in [0.4, 0.5) is 0 Å². The van der Waals surface area contributed by atoms with Gasteiger partial charge in [0.1, 0.15) is 11.6 Å². The van der Waals surface area contributed by atoms with Crippen LogP contribution in [0.2, 0.25) is 0 Å². The number of pyridine rings is 1. The number of aromatic nitrogens is 1. The molecule has 4 nitrogen and oxygen atoms in total. The summed E-state index contributed by atoms with van der Waals surface area (Å²) in [7, 11) is 0. The number of hydrogen-bond acceptors (Lipinski definition) is 3. The first kappa shape index (κ1) is 12.7. The fourth-order valence-corrected chi connectivity index (χ4v) is 2.49. The van der Waals surface area contributed by atoms with Crippen molar-refractivity contribution in [3.05, 3.63) is 53.2 Å². The SMILES string of the molecule is N=C(N)c1ccc(Oc2ccc3c(c2)CCCC3)nc1. The number of hydrogen-bond donors (Lipinski definition) is 2. The molecular formula is C16H17N3O. The van der Waals surface area contributed by atoms with Crippen molar-refractivity contribution < 1.29 is 4.74 Å². The van der Waals surface area contributed by atoms with E-state index in [-0.39, 0.29) is 5.84 Å². The Labute approximate surface area is 118 Å². The zero-order valence-electron chi connectivity index (χ0n) is 11.2. The number of nitrogens with one attached hydrogen (secondary N) is 1. The number of aryl methyl sites for hydroxylation is 2. The highest BCUT2D eigenvalue weighted by Gasteiger charge is 2.10. The maximum absolute atomic E-state index is 7.33. The molecule has 1 aromatic heterocycles. The Hall–Kier alpha value is -2.36. The Balaban J connectivity index is 1.78. The monoisotopic (exact) mass is 267 g/mol. The first-order valence-corrected chi connectivity index (χ1v) is 6.82. The molecular weight excluding hydrogens is 250 g/mol. The summed E-state index contributed by atoms with van der Waals surface area (Å²) in [5.41, 5.74) is 8.81. The van der Waals surface area contributed by atoms with E-state index < -0.39 is 0 Å². The van der Waals surface area contributed by atoms with Crippen molar-refractivity contribution in [2.24, 2.45) is 5.73 Å². The molecule has 102 valence electrons. The van der Waals surface area contributed by atoms with E-state index in [1.54, 1.807) is 18.3 Å². The van der Waals surface area contributed by atoms with Gasteiger partial charge in [-0.3, -0.25) is 5.41 Å². The van der Waals surface area contributed by atoms with Gasteiger partial charge in [-0.1, -0.05) is 6.07 Å². The fraction of sp³-hybridized carbons (Fsp3) is 0.250. The van der Waals surface area contributed by atoms with Crippen LogP contribution in [0.3, 0.4) is 0 Å². The van der Waals surface area contributed by atoms with Gasteiger partial charge in [0.25, 0.3) is 0 Å². The van der Waals surface area contributed by atoms with Crippen LogP contribution in [0.1, 0.15) is 29.5 Å². The molecule has 0 saturated heterocycles. The van der Waals surface area contributed by atoms with Crippen molar-refractivity contribution >= 4 is 5.84 Å². The van der Waals surface area contributed by atoms with E-state index in [1.165, 1.54) is 30.4 Å². The average Bonchev–Trinajstić information content (AvgIpc) is 2.48. The standard InChI is InChI=1S/C16H17N3O/c17-16(18)13-6-8-15(19-10-13)20-14-7-5-11-3-1-2-4-12(11)9-14/h5-10H,1-4H2,(H3,17,18). The van der Waals surface area contributed by atoms with E-state index in [4.69, 9.17) is 15.9 Å². The lowest BCUT2D eigenvalue weighted by molar-refractivity contribution is 0.461. The Kier molecular flexibility index (Phi) is 3.37. The van der Waals surface area contributed by atoms with Crippen LogP contribution in [-0.4, -0.2) is 10.8 Å². The minimum absolute atomic E-state index is 0.0119. The number of ether oxygens (including phenoxy) is 1. The largest absolute Gasteiger partial charge is 0.439 e. The van der Waals surface area contributed by atoms with Crippen molar-refractivity contribution in [3.8, 4) is 11.6 Å². The van der Waals surface area contributed by atoms with Crippen LogP contribution in [-0.2, 0) is 12.8 Å². The number of nitrogens with zero attached hydrogens (tertiary/aromatic N) is 1. The van der Waals surface area contributed by atoms with E-state index in [0.29, 0.717) is 11.4 Å². The minimum atomic E-state index is 0.0119. The molecule has 0 bridgehead atoms. The molecule has 1 heterocycles. The number of benzene rings is 1. The molecule has 0 spiro atoms. The van der Waals surface area contributed by atoms with Gasteiger partial charge in [-0.2, -0.15) is 0 Å². The molecule has 1 aliphatic carbocycles. The molecule has 3 rings (SSSR count). The van der Waals surface area contributed by atoms with Crippen molar-refractivity contribution in [2.45, 2.75) is 25.7 Å². The van der Waals surface area contributed by atoms with E-state index in [2.05, 4.69) is 17.1 Å². The zero-order chi connectivity index (χ0) is 13.9. The van der Waals surface area contributed by atoms with Gasteiger partial charge in [0.05, 0.1) is 0 Å². The van der Waals surface area contributed by atoms with Crippen molar-refractivity contribution in [3.63, 3.8) is 0 Å². The van der Waals surface area contributed by atoms with E-state index in [9.17, 15) is 0 Å². The second-order valence-corrected chi connectivity index (χ2v) is 5.04. The number of nitrogen functional groups attached to an aromatic ring is 1. The van der Waals surface area contributed by atoms with Crippen LogP contribution in [0.25, 0.3) is 0 Å². The lowest BCUT2D eigenvalue weighted by Crippen LogP contribution is -2.11. The third-order valence-electron chi connectivity index (χ3n) is 3.59. The quantitative estimate of drug-likeness (QED) is 0.663. The molecule has 2 aromatic rings. The second-order valence-electron chi connectivity index (χ2n) is 5.04. The molecule has 0 radical (unpaired) electrons. The number of nitrogens with two attached hydrogens (primary N) is 1. The zero-order valence-corrected chi connectivity index (χ0v) is 11.2. The molecule has 1 aromatic carbocycles. The maximum Gasteiger partial charge on any atom is 0.219 e. The highest BCUT2D eigenvalue weighted by Crippen LogP contribution is 2.27. The number of fused-ring (bicyclic) bond motifs is 1. The Morgan fingerprint density at radius 1 is 1.10 bits per heavy atom. The lowest BCUT2D eigenvalue weighted by atomic mass is 9.92. The van der Waals surface area contributed by atoms with E-state index >= 15 is 0 Å². The molecule has 0 fully saturated rings. The van der Waals surface area contributed by atoms with Gasteiger partial charge >= 0.3 is 0 Å². The first-order valence-electron chi connectivity index (χ1n) is 6.82. The summed E-state index contributed by atoms with van der Waals surface area (Å²) in [4.78, 5) is 4.16. The molecule has 1 aliphatic rings. The summed E-state index contributed by atoms with van der Waals surface area (Å²) in [6.07, 6.45) is 6.38. The Bertz CT molecular complexity index is 635. The molecule has 3 N–H and O–H groups in total. The predicted octanol–water partition coefficient (Wildman–Crippen LogP) is 3.04. The fourth-order valence-electron chi connectivity index (χ4n) is 2.49. The van der Waals surface area contributed by atoms with Crippen LogP contribution < -0.4 is 10.5 Å². The molecule has 0 unspecified atom stereocenters. The molecule has 4 heteroatoms. The predicted molar refractivity (Wildman–Crippen MR) is 78.4 cm³/mol. The average molecular weight is 267 g/mol. The summed E-state index contributed by atoms with van der Waals surface area (Å²) in [5, 5.41) is 7.33. The number of rotatable bonds is 3. The van der Waals surface area contributed by atoms with Crippen LogP contribution in [0.5, 0.6) is 11.6 Å². The molecule has 0 aliphatic heterocycles. The maximum atomic E-state index is 7.33. The Morgan fingerprint density at radius 2 is 1.90 bits per heavy atom. The topological polar surface area (TPSA) is 72.0 Å². The highest BCUT2D eigenvalue weighted by atomic mass is 16.5. The van der Waals surface area contributed by atoms with Crippen molar-refractivity contribution in [2.75, 3.05) is 0 Å². The van der Waals surface area contributed by atoms with Gasteiger partial charge in [0.15, 0.2) is 0 Å². The van der Waals surface area contributed by atoms with E-state index in [1.807, 2.05) is 6.07 Å². The number of amidine groups is 1. The molecule has 0 amide bonds. The van der Waals surface area contributed by atoms with Gasteiger partial charge < -0.3 is 10.5 Å². The van der Waals surface area contributed by atoms with Crippen LogP contribution in [0.15, 0.2) is 36.5 Å². The summed E-state index contributed by atoms with van der Waals surface area (Å²) < 4.78 is 5.76. The summed E-state index contributed by atoms with van der Waals surface area (Å²) in [6.45, 7) is 0. The summed E-state index contributed by atoms with van der Waals surface area (Å²) in [6, 6.07) is 9.72. The molecule has 0 atom stereocenters. The van der Waals surface area contributed by atoms with Crippen LogP contribution >= 0.6 is 0 Å². The van der Waals surface area contributed by atoms with Gasteiger partial charge in [-0.15, -0.1) is 0 Å². The third kappa shape index (κ3) is 2.64. The normalized spacial score (nSPS) is 13.6. The van der Waals surface area contributed by atoms with E-state index in [0.717, 1.165) is 12.2 Å². The third-order valence-corrected chi connectivity index (χ3v) is 3.59. The van der Waals surface area contributed by atoms with Crippen LogP contribution in [0, 0.1) is 5.41 Å². The smallest absolute Gasteiger partial charge is 0.219 e. The first-order chi connectivity index (χ1) is 9.72. The minimum Gasteiger partial charge on any atom is -0.439 e. The lowest BCUT2D eigenvalue weighted by Gasteiger charge is -2.16. The molecule has 20 heavy (non-hydrogen) atoms. The molecule has 0 saturated carbocycles. The van der Waals surface area contributed by atoms with Crippen molar-refractivity contribution in [1.29, 1.82) is 5.41 Å². The van der Waals surface area contributed by atoms with Gasteiger partial charge in [0.2, 0.25) is 5.88 Å². The second kappa shape index (κ2) is 5.33. The van der Waals surface area contributed by atoms with Gasteiger partial charge in [-0.05, 0) is 55.0 Å². The Morgan fingerprint density at radius 3 is 2.60 bits per heavy atom.